The zero-order valence-electron chi connectivity index (χ0n) is 12.4. The van der Waals surface area contributed by atoms with Gasteiger partial charge in [-0.2, -0.15) is 0 Å². The minimum atomic E-state index is 0.163. The van der Waals surface area contributed by atoms with Gasteiger partial charge in [0.1, 0.15) is 0 Å². The van der Waals surface area contributed by atoms with Crippen LogP contribution < -0.4 is 15.2 Å². The number of benzene rings is 1. The lowest BCUT2D eigenvalue weighted by Crippen LogP contribution is -2.33. The number of rotatable bonds is 3. The van der Waals surface area contributed by atoms with Gasteiger partial charge in [0, 0.05) is 18.4 Å². The van der Waals surface area contributed by atoms with Crippen molar-refractivity contribution in [1.29, 1.82) is 0 Å². The Morgan fingerprint density at radius 2 is 1.70 bits per heavy atom. The number of hydrogen-bond acceptors (Lipinski definition) is 3. The molecule has 3 rings (SSSR count). The molecule has 2 aliphatic rings. The standard InChI is InChI=1S/C17H25NO2/c1-2-13-10-15-16(20-9-5-8-19-15)11-14(13)17(12-18)6-3-4-7-17/h10-11H,2-9,12,18H2,1H3. The molecule has 1 heterocycles. The second kappa shape index (κ2) is 5.65. The molecule has 1 saturated carbocycles. The van der Waals surface area contributed by atoms with Gasteiger partial charge in [-0.3, -0.25) is 0 Å². The van der Waals surface area contributed by atoms with Crippen LogP contribution >= 0.6 is 0 Å². The van der Waals surface area contributed by atoms with Crippen LogP contribution in [0.4, 0.5) is 0 Å². The smallest absolute Gasteiger partial charge is 0.161 e. The summed E-state index contributed by atoms with van der Waals surface area (Å²) in [7, 11) is 0. The Morgan fingerprint density at radius 3 is 2.30 bits per heavy atom. The molecule has 3 heteroatoms. The third-order valence-electron chi connectivity index (χ3n) is 4.88. The van der Waals surface area contributed by atoms with Crippen LogP contribution in [0.25, 0.3) is 0 Å². The first kappa shape index (κ1) is 13.7. The van der Waals surface area contributed by atoms with E-state index in [1.54, 1.807) is 0 Å². The van der Waals surface area contributed by atoms with Crippen molar-refractivity contribution in [3.8, 4) is 11.5 Å². The maximum absolute atomic E-state index is 6.16. The summed E-state index contributed by atoms with van der Waals surface area (Å²) in [6, 6.07) is 4.41. The van der Waals surface area contributed by atoms with Gasteiger partial charge in [-0.1, -0.05) is 19.8 Å². The van der Waals surface area contributed by atoms with E-state index in [2.05, 4.69) is 19.1 Å². The van der Waals surface area contributed by atoms with Crippen molar-refractivity contribution >= 4 is 0 Å². The number of aryl methyl sites for hydroxylation is 1. The molecule has 3 nitrogen and oxygen atoms in total. The molecule has 0 unspecified atom stereocenters. The summed E-state index contributed by atoms with van der Waals surface area (Å²) in [5.41, 5.74) is 9.11. The van der Waals surface area contributed by atoms with Crippen LogP contribution in [-0.2, 0) is 11.8 Å². The monoisotopic (exact) mass is 275 g/mol. The summed E-state index contributed by atoms with van der Waals surface area (Å²) in [5, 5.41) is 0. The van der Waals surface area contributed by atoms with Gasteiger partial charge < -0.3 is 15.2 Å². The van der Waals surface area contributed by atoms with E-state index in [0.29, 0.717) is 0 Å². The van der Waals surface area contributed by atoms with Crippen LogP contribution in [0.5, 0.6) is 11.5 Å². The summed E-state index contributed by atoms with van der Waals surface area (Å²) in [5.74, 6) is 1.82. The van der Waals surface area contributed by atoms with Gasteiger partial charge in [0.25, 0.3) is 0 Å². The fraction of sp³-hybridized carbons (Fsp3) is 0.647. The van der Waals surface area contributed by atoms with E-state index in [1.165, 1.54) is 36.8 Å². The Labute approximate surface area is 121 Å². The van der Waals surface area contributed by atoms with Gasteiger partial charge in [-0.15, -0.1) is 0 Å². The average Bonchev–Trinajstić information content (AvgIpc) is 2.86. The van der Waals surface area contributed by atoms with Crippen molar-refractivity contribution in [1.82, 2.24) is 0 Å². The first-order valence-corrected chi connectivity index (χ1v) is 7.92. The highest BCUT2D eigenvalue weighted by Gasteiger charge is 2.36. The zero-order valence-corrected chi connectivity index (χ0v) is 12.4. The molecule has 0 aromatic heterocycles. The minimum absolute atomic E-state index is 0.163. The molecule has 0 spiro atoms. The number of nitrogens with two attached hydrogens (primary N) is 1. The molecule has 0 atom stereocenters. The van der Waals surface area contributed by atoms with Gasteiger partial charge in [0.05, 0.1) is 13.2 Å². The molecule has 1 fully saturated rings. The van der Waals surface area contributed by atoms with E-state index >= 15 is 0 Å². The maximum atomic E-state index is 6.16. The number of ether oxygens (including phenoxy) is 2. The Morgan fingerprint density at radius 1 is 1.05 bits per heavy atom. The lowest BCUT2D eigenvalue weighted by molar-refractivity contribution is 0.296. The predicted molar refractivity (Wildman–Crippen MR) is 80.6 cm³/mol. The fourth-order valence-corrected chi connectivity index (χ4v) is 3.67. The molecule has 0 saturated heterocycles. The van der Waals surface area contributed by atoms with Gasteiger partial charge in [-0.05, 0) is 42.5 Å². The van der Waals surface area contributed by atoms with E-state index in [9.17, 15) is 0 Å². The van der Waals surface area contributed by atoms with Gasteiger partial charge in [0.2, 0.25) is 0 Å². The van der Waals surface area contributed by atoms with Crippen molar-refractivity contribution in [2.45, 2.75) is 50.9 Å². The van der Waals surface area contributed by atoms with Crippen molar-refractivity contribution in [3.05, 3.63) is 23.3 Å². The molecule has 0 amide bonds. The Bertz CT molecular complexity index is 478. The first-order valence-electron chi connectivity index (χ1n) is 7.92. The molecule has 110 valence electrons. The van der Waals surface area contributed by atoms with Crippen molar-refractivity contribution < 1.29 is 9.47 Å². The zero-order chi connectivity index (χ0) is 14.0. The van der Waals surface area contributed by atoms with E-state index in [0.717, 1.165) is 44.1 Å². The number of hydrogen-bond donors (Lipinski definition) is 1. The van der Waals surface area contributed by atoms with Crippen LogP contribution in [0.15, 0.2) is 12.1 Å². The summed E-state index contributed by atoms with van der Waals surface area (Å²) in [6.07, 6.45) is 6.96. The van der Waals surface area contributed by atoms with Crippen molar-refractivity contribution in [2.24, 2.45) is 5.73 Å². The summed E-state index contributed by atoms with van der Waals surface area (Å²) >= 11 is 0. The minimum Gasteiger partial charge on any atom is -0.490 e. The number of fused-ring (bicyclic) bond motifs is 1. The van der Waals surface area contributed by atoms with Crippen LogP contribution in [0.2, 0.25) is 0 Å². The molecule has 1 aliphatic carbocycles. The highest BCUT2D eigenvalue weighted by atomic mass is 16.5. The van der Waals surface area contributed by atoms with E-state index < -0.39 is 0 Å². The molecule has 1 aromatic carbocycles. The summed E-state index contributed by atoms with van der Waals surface area (Å²) < 4.78 is 11.7. The fourth-order valence-electron chi connectivity index (χ4n) is 3.67. The molecular weight excluding hydrogens is 250 g/mol. The Balaban J connectivity index is 2.07. The van der Waals surface area contributed by atoms with Crippen molar-refractivity contribution in [2.75, 3.05) is 19.8 Å². The topological polar surface area (TPSA) is 44.5 Å². The highest BCUT2D eigenvalue weighted by Crippen LogP contribution is 2.45. The van der Waals surface area contributed by atoms with Crippen LogP contribution in [0.1, 0.15) is 50.2 Å². The third-order valence-corrected chi connectivity index (χ3v) is 4.88. The maximum Gasteiger partial charge on any atom is 0.161 e. The second-order valence-electron chi connectivity index (χ2n) is 6.05. The Kier molecular flexibility index (Phi) is 3.88. The largest absolute Gasteiger partial charge is 0.490 e. The summed E-state index contributed by atoms with van der Waals surface area (Å²) in [4.78, 5) is 0. The normalized spacial score (nSPS) is 20.7. The van der Waals surface area contributed by atoms with Crippen LogP contribution in [0.3, 0.4) is 0 Å². The lowest BCUT2D eigenvalue weighted by Gasteiger charge is -2.31. The SMILES string of the molecule is CCc1cc2c(cc1C1(CN)CCCC1)OCCCO2. The van der Waals surface area contributed by atoms with Gasteiger partial charge in [-0.25, -0.2) is 0 Å². The van der Waals surface area contributed by atoms with E-state index in [4.69, 9.17) is 15.2 Å². The Hall–Kier alpha value is -1.22. The van der Waals surface area contributed by atoms with Crippen LogP contribution in [-0.4, -0.2) is 19.8 Å². The van der Waals surface area contributed by atoms with Gasteiger partial charge >= 0.3 is 0 Å². The van der Waals surface area contributed by atoms with Crippen LogP contribution in [0, 0.1) is 0 Å². The quantitative estimate of drug-likeness (QED) is 0.921. The lowest BCUT2D eigenvalue weighted by atomic mass is 9.76. The molecule has 1 aliphatic heterocycles. The molecule has 20 heavy (non-hydrogen) atoms. The highest BCUT2D eigenvalue weighted by molar-refractivity contribution is 5.51. The molecule has 2 N–H and O–H groups in total. The van der Waals surface area contributed by atoms with Gasteiger partial charge in [0.15, 0.2) is 11.5 Å². The van der Waals surface area contributed by atoms with E-state index in [-0.39, 0.29) is 5.41 Å². The predicted octanol–water partition coefficient (Wildman–Crippen LogP) is 3.18. The second-order valence-corrected chi connectivity index (χ2v) is 6.05. The van der Waals surface area contributed by atoms with Crippen molar-refractivity contribution in [3.63, 3.8) is 0 Å². The average molecular weight is 275 g/mol. The first-order chi connectivity index (χ1) is 9.79. The molecular formula is C17H25NO2. The molecule has 0 bridgehead atoms. The van der Waals surface area contributed by atoms with E-state index in [1.807, 2.05) is 0 Å². The molecule has 0 radical (unpaired) electrons. The summed E-state index contributed by atoms with van der Waals surface area (Å²) in [6.45, 7) is 4.44. The molecule has 1 aromatic rings. The third kappa shape index (κ3) is 2.28.